The van der Waals surface area contributed by atoms with Gasteiger partial charge in [-0.2, -0.15) is 0 Å². The summed E-state index contributed by atoms with van der Waals surface area (Å²) in [4.78, 5) is 18.1. The number of anilines is 1. The largest absolute Gasteiger partial charge is 0.504 e. The third-order valence-electron chi connectivity index (χ3n) is 4.66. The Bertz CT molecular complexity index is 1330. The molecule has 0 atom stereocenters. The summed E-state index contributed by atoms with van der Waals surface area (Å²) in [6, 6.07) is 18.1. The van der Waals surface area contributed by atoms with Crippen LogP contribution < -0.4 is 4.90 Å². The first-order chi connectivity index (χ1) is 15.4. The number of benzene rings is 3. The Morgan fingerprint density at radius 2 is 1.62 bits per heavy atom. The Morgan fingerprint density at radius 3 is 2.38 bits per heavy atom. The average Bonchev–Trinajstić information content (AvgIpc) is 3.20. The number of aromatic hydroxyl groups is 1. The Balaban J connectivity index is 1.72. The zero-order chi connectivity index (χ0) is 22.7. The molecule has 1 heterocycles. The zero-order valence-corrected chi connectivity index (χ0v) is 18.5. The van der Waals surface area contributed by atoms with Crippen LogP contribution in [0.3, 0.4) is 0 Å². The summed E-state index contributed by atoms with van der Waals surface area (Å²) in [6.07, 6.45) is 0. The third-order valence-corrected chi connectivity index (χ3v) is 5.58. The molecule has 0 radical (unpaired) electrons. The van der Waals surface area contributed by atoms with E-state index in [0.717, 1.165) is 10.2 Å². The molecule has 32 heavy (non-hydrogen) atoms. The second-order valence-corrected chi connectivity index (χ2v) is 8.14. The summed E-state index contributed by atoms with van der Waals surface area (Å²) in [5.74, 6) is -0.276. The van der Waals surface area contributed by atoms with Gasteiger partial charge in [0.15, 0.2) is 17.2 Å². The van der Waals surface area contributed by atoms with Crippen LogP contribution in [0, 0.1) is 0 Å². The Morgan fingerprint density at radius 1 is 0.906 bits per heavy atom. The summed E-state index contributed by atoms with van der Waals surface area (Å²) in [5.41, 5.74) is 2.86. The van der Waals surface area contributed by atoms with Crippen LogP contribution in [0.15, 0.2) is 81.1 Å². The number of thiazole rings is 1. The summed E-state index contributed by atoms with van der Waals surface area (Å²) >= 11 is 1.41. The quantitative estimate of drug-likeness (QED) is 0.253. The second kappa shape index (κ2) is 9.03. The molecule has 1 aromatic heterocycles. The van der Waals surface area contributed by atoms with Crippen molar-refractivity contribution < 1.29 is 9.90 Å². The first-order valence-electron chi connectivity index (χ1n) is 9.76. The molecule has 0 aliphatic rings. The predicted octanol–water partition coefficient (Wildman–Crippen LogP) is 7.10. The van der Waals surface area contributed by atoms with Crippen LogP contribution in [0.1, 0.15) is 17.3 Å². The number of rotatable bonds is 6. The van der Waals surface area contributed by atoms with E-state index in [1.165, 1.54) is 18.3 Å². The maximum atomic E-state index is 11.8. The van der Waals surface area contributed by atoms with E-state index in [2.05, 4.69) is 25.4 Å². The number of ketones is 1. The van der Waals surface area contributed by atoms with Crippen molar-refractivity contribution in [3.63, 3.8) is 0 Å². The van der Waals surface area contributed by atoms with Gasteiger partial charge >= 0.3 is 0 Å². The number of azo groups is 2. The van der Waals surface area contributed by atoms with E-state index in [1.807, 2.05) is 43.3 Å². The highest BCUT2D eigenvalue weighted by Gasteiger charge is 2.15. The lowest BCUT2D eigenvalue weighted by Crippen LogP contribution is -2.08. The van der Waals surface area contributed by atoms with Gasteiger partial charge in [-0.05, 0) is 43.3 Å². The van der Waals surface area contributed by atoms with Crippen LogP contribution >= 0.6 is 11.3 Å². The number of carbonyl (C=O) groups excluding carboxylic acids is 1. The van der Waals surface area contributed by atoms with Gasteiger partial charge in [-0.3, -0.25) is 4.79 Å². The van der Waals surface area contributed by atoms with Crippen molar-refractivity contribution in [3.05, 3.63) is 66.2 Å². The summed E-state index contributed by atoms with van der Waals surface area (Å²) in [5, 5.41) is 28.2. The number of phenolic OH excluding ortho intramolecular Hbond substituents is 1. The van der Waals surface area contributed by atoms with Gasteiger partial charge < -0.3 is 10.0 Å². The molecule has 0 fully saturated rings. The lowest BCUT2D eigenvalue weighted by molar-refractivity contribution is 0.101. The van der Waals surface area contributed by atoms with Crippen LogP contribution in [0.25, 0.3) is 10.2 Å². The standard InChI is InChI=1S/C23H20N6O2S/c1-14(30)15-8-4-5-9-16(15)25-26-18-12-13-19(29(2)3)21(22(18)31)27-28-23-24-17-10-6-7-11-20(17)32-23/h4-13,31H,1-3H3/b26-25+,28-27+. The molecule has 160 valence electrons. The number of hydrogen-bond donors (Lipinski definition) is 1. The number of para-hydroxylation sites is 1. The number of carbonyl (C=O) groups is 1. The fraction of sp³-hybridized carbons (Fsp3) is 0.130. The fourth-order valence-electron chi connectivity index (χ4n) is 3.06. The molecule has 0 unspecified atom stereocenters. The van der Waals surface area contributed by atoms with Crippen LogP contribution in [-0.2, 0) is 0 Å². The monoisotopic (exact) mass is 444 g/mol. The average molecular weight is 445 g/mol. The molecule has 4 aromatic rings. The van der Waals surface area contributed by atoms with Crippen molar-refractivity contribution in [3.8, 4) is 5.75 Å². The van der Waals surface area contributed by atoms with E-state index in [9.17, 15) is 9.90 Å². The van der Waals surface area contributed by atoms with Gasteiger partial charge in [-0.1, -0.05) is 35.6 Å². The molecule has 8 nitrogen and oxygen atoms in total. The normalized spacial score (nSPS) is 11.6. The van der Waals surface area contributed by atoms with E-state index in [-0.39, 0.29) is 22.9 Å². The van der Waals surface area contributed by atoms with Crippen molar-refractivity contribution in [1.82, 2.24) is 4.98 Å². The number of hydrogen-bond acceptors (Lipinski definition) is 9. The highest BCUT2D eigenvalue weighted by Crippen LogP contribution is 2.44. The number of aromatic nitrogens is 1. The number of Topliss-reactive ketones (excluding diaryl/α,β-unsaturated/α-hetero) is 1. The van der Waals surface area contributed by atoms with Gasteiger partial charge in [0, 0.05) is 19.7 Å². The first kappa shape index (κ1) is 21.3. The Hall–Kier alpha value is -3.98. The number of fused-ring (bicyclic) bond motifs is 1. The molecular weight excluding hydrogens is 424 g/mol. The van der Waals surface area contributed by atoms with Crippen LogP contribution in [-0.4, -0.2) is 30.0 Å². The molecule has 0 aliphatic heterocycles. The van der Waals surface area contributed by atoms with Crippen molar-refractivity contribution in [1.29, 1.82) is 0 Å². The van der Waals surface area contributed by atoms with Gasteiger partial charge in [0.1, 0.15) is 5.69 Å². The van der Waals surface area contributed by atoms with Gasteiger partial charge in [0.05, 0.1) is 21.6 Å². The molecule has 0 bridgehead atoms. The van der Waals surface area contributed by atoms with Crippen molar-refractivity contribution >= 4 is 55.2 Å². The number of phenols is 1. The molecule has 4 rings (SSSR count). The first-order valence-corrected chi connectivity index (χ1v) is 10.6. The second-order valence-electron chi connectivity index (χ2n) is 7.13. The molecule has 3 aromatic carbocycles. The lowest BCUT2D eigenvalue weighted by Gasteiger charge is -2.15. The molecule has 9 heteroatoms. The maximum Gasteiger partial charge on any atom is 0.231 e. The molecule has 0 amide bonds. The van der Waals surface area contributed by atoms with E-state index in [4.69, 9.17) is 0 Å². The van der Waals surface area contributed by atoms with Gasteiger partial charge in [-0.25, -0.2) is 4.98 Å². The lowest BCUT2D eigenvalue weighted by atomic mass is 10.1. The minimum Gasteiger partial charge on any atom is -0.504 e. The SMILES string of the molecule is CC(=O)c1ccccc1/N=N/c1ccc(N(C)C)c(/N=N/c2nc3ccccc3s2)c1O. The molecule has 0 spiro atoms. The summed E-state index contributed by atoms with van der Waals surface area (Å²) in [6.45, 7) is 1.47. The molecule has 0 aliphatic carbocycles. The molecule has 1 N–H and O–H groups in total. The minimum absolute atomic E-state index is 0.114. The van der Waals surface area contributed by atoms with Crippen LogP contribution in [0.2, 0.25) is 0 Å². The van der Waals surface area contributed by atoms with E-state index < -0.39 is 0 Å². The maximum absolute atomic E-state index is 11.8. The third kappa shape index (κ3) is 4.37. The van der Waals surface area contributed by atoms with E-state index in [0.29, 0.717) is 22.1 Å². The Labute approximate surface area is 188 Å². The molecular formula is C23H20N6O2S. The van der Waals surface area contributed by atoms with Gasteiger partial charge in [0.2, 0.25) is 5.13 Å². The summed E-state index contributed by atoms with van der Waals surface area (Å²) in [7, 11) is 3.69. The van der Waals surface area contributed by atoms with Crippen molar-refractivity contribution in [2.75, 3.05) is 19.0 Å². The predicted molar refractivity (Wildman–Crippen MR) is 127 cm³/mol. The Kier molecular flexibility index (Phi) is 6.00. The van der Waals surface area contributed by atoms with Crippen molar-refractivity contribution in [2.24, 2.45) is 20.5 Å². The van der Waals surface area contributed by atoms with E-state index in [1.54, 1.807) is 36.4 Å². The topological polar surface area (TPSA) is 103 Å². The minimum atomic E-state index is -0.162. The zero-order valence-electron chi connectivity index (χ0n) is 17.7. The van der Waals surface area contributed by atoms with E-state index >= 15 is 0 Å². The highest BCUT2D eigenvalue weighted by molar-refractivity contribution is 7.21. The van der Waals surface area contributed by atoms with Crippen molar-refractivity contribution in [2.45, 2.75) is 6.92 Å². The van der Waals surface area contributed by atoms with Crippen LogP contribution in [0.5, 0.6) is 5.75 Å². The van der Waals surface area contributed by atoms with Gasteiger partial charge in [-0.15, -0.1) is 20.5 Å². The number of nitrogens with zero attached hydrogens (tertiary/aromatic N) is 6. The smallest absolute Gasteiger partial charge is 0.231 e. The summed E-state index contributed by atoms with van der Waals surface area (Å²) < 4.78 is 1.00. The van der Waals surface area contributed by atoms with Gasteiger partial charge in [0.25, 0.3) is 0 Å². The van der Waals surface area contributed by atoms with Crippen LogP contribution in [0.4, 0.5) is 27.9 Å². The molecule has 0 saturated carbocycles. The highest BCUT2D eigenvalue weighted by atomic mass is 32.1. The molecule has 0 saturated heterocycles. The fourth-order valence-corrected chi connectivity index (χ4v) is 3.85.